The quantitative estimate of drug-likeness (QED) is 0.775. The number of anilines is 2. The van der Waals surface area contributed by atoms with Crippen molar-refractivity contribution in [2.75, 3.05) is 17.2 Å². The van der Waals surface area contributed by atoms with E-state index in [1.54, 1.807) is 0 Å². The van der Waals surface area contributed by atoms with E-state index in [1.165, 1.54) is 49.9 Å². The van der Waals surface area contributed by atoms with Crippen molar-refractivity contribution in [2.24, 2.45) is 11.8 Å². The van der Waals surface area contributed by atoms with Gasteiger partial charge in [-0.05, 0) is 61.6 Å². The molecule has 2 aliphatic rings. The van der Waals surface area contributed by atoms with Crippen LogP contribution in [0.15, 0.2) is 18.2 Å². The second-order valence-electron chi connectivity index (χ2n) is 6.61. The fourth-order valence-corrected chi connectivity index (χ4v) is 3.80. The predicted molar refractivity (Wildman–Crippen MR) is 82.5 cm³/mol. The van der Waals surface area contributed by atoms with Gasteiger partial charge in [-0.3, -0.25) is 0 Å². The van der Waals surface area contributed by atoms with Gasteiger partial charge in [0.2, 0.25) is 0 Å². The highest BCUT2D eigenvalue weighted by atomic mass is 15.2. The maximum Gasteiger partial charge on any atom is 0.0421 e. The molecule has 19 heavy (non-hydrogen) atoms. The molecule has 1 aliphatic carbocycles. The Hall–Kier alpha value is -1.18. The molecule has 0 spiro atoms. The van der Waals surface area contributed by atoms with Crippen molar-refractivity contribution in [3.05, 3.63) is 23.8 Å². The summed E-state index contributed by atoms with van der Waals surface area (Å²) in [5.74, 6) is 1.74. The van der Waals surface area contributed by atoms with Crippen LogP contribution in [0, 0.1) is 11.8 Å². The molecule has 0 aromatic heterocycles. The zero-order valence-corrected chi connectivity index (χ0v) is 12.2. The topological polar surface area (TPSA) is 29.3 Å². The van der Waals surface area contributed by atoms with Gasteiger partial charge >= 0.3 is 0 Å². The van der Waals surface area contributed by atoms with Gasteiger partial charge in [0.15, 0.2) is 0 Å². The Morgan fingerprint density at radius 3 is 2.79 bits per heavy atom. The van der Waals surface area contributed by atoms with Crippen molar-refractivity contribution in [2.45, 2.75) is 52.0 Å². The van der Waals surface area contributed by atoms with Crippen LogP contribution in [0.5, 0.6) is 0 Å². The van der Waals surface area contributed by atoms with Crippen LogP contribution >= 0.6 is 0 Å². The van der Waals surface area contributed by atoms with Gasteiger partial charge in [0.25, 0.3) is 0 Å². The fourth-order valence-electron chi connectivity index (χ4n) is 3.80. The largest absolute Gasteiger partial charge is 0.399 e. The average molecular weight is 258 g/mol. The van der Waals surface area contributed by atoms with Gasteiger partial charge in [0, 0.05) is 24.0 Å². The monoisotopic (exact) mass is 258 g/mol. The van der Waals surface area contributed by atoms with Crippen LogP contribution in [0.1, 0.15) is 45.1 Å². The van der Waals surface area contributed by atoms with E-state index in [0.29, 0.717) is 0 Å². The molecule has 0 saturated heterocycles. The van der Waals surface area contributed by atoms with E-state index in [-0.39, 0.29) is 0 Å². The summed E-state index contributed by atoms with van der Waals surface area (Å²) in [6.45, 7) is 6.03. The number of nitrogen functional groups attached to an aromatic ring is 1. The highest BCUT2D eigenvalue weighted by Gasteiger charge is 2.30. The third kappa shape index (κ3) is 2.45. The molecular weight excluding hydrogens is 232 g/mol. The van der Waals surface area contributed by atoms with Crippen LogP contribution in [0.3, 0.4) is 0 Å². The summed E-state index contributed by atoms with van der Waals surface area (Å²) in [6, 6.07) is 7.20. The van der Waals surface area contributed by atoms with Crippen molar-refractivity contribution in [3.63, 3.8) is 0 Å². The van der Waals surface area contributed by atoms with Crippen molar-refractivity contribution in [1.82, 2.24) is 0 Å². The summed E-state index contributed by atoms with van der Waals surface area (Å²) in [5, 5.41) is 0. The van der Waals surface area contributed by atoms with Gasteiger partial charge in [-0.2, -0.15) is 0 Å². The second-order valence-corrected chi connectivity index (χ2v) is 6.61. The summed E-state index contributed by atoms with van der Waals surface area (Å²) < 4.78 is 0. The predicted octanol–water partition coefficient (Wildman–Crippen LogP) is 3.85. The fraction of sp³-hybridized carbons (Fsp3) is 0.647. The van der Waals surface area contributed by atoms with E-state index in [9.17, 15) is 0 Å². The van der Waals surface area contributed by atoms with Gasteiger partial charge in [0.05, 0.1) is 0 Å². The number of rotatable bonds is 1. The van der Waals surface area contributed by atoms with E-state index in [2.05, 4.69) is 30.9 Å². The van der Waals surface area contributed by atoms with Crippen LogP contribution in [-0.4, -0.2) is 12.6 Å². The minimum Gasteiger partial charge on any atom is -0.399 e. The Bertz CT molecular complexity index is 455. The molecule has 1 aromatic rings. The first-order chi connectivity index (χ1) is 9.15. The molecule has 104 valence electrons. The van der Waals surface area contributed by atoms with Gasteiger partial charge in [-0.1, -0.05) is 19.9 Å². The number of hydrogen-bond acceptors (Lipinski definition) is 2. The maximum absolute atomic E-state index is 6.00. The minimum atomic E-state index is 0.729. The van der Waals surface area contributed by atoms with Crippen molar-refractivity contribution < 1.29 is 0 Å². The Morgan fingerprint density at radius 1 is 1.16 bits per heavy atom. The van der Waals surface area contributed by atoms with Crippen LogP contribution in [-0.2, 0) is 6.42 Å². The lowest BCUT2D eigenvalue weighted by Crippen LogP contribution is -2.43. The van der Waals surface area contributed by atoms with E-state index < -0.39 is 0 Å². The molecule has 1 saturated carbocycles. The summed E-state index contributed by atoms with van der Waals surface area (Å²) >= 11 is 0. The normalized spacial score (nSPS) is 31.1. The number of nitrogens with two attached hydrogens (primary N) is 1. The molecule has 2 nitrogen and oxygen atoms in total. The van der Waals surface area contributed by atoms with Gasteiger partial charge in [-0.25, -0.2) is 0 Å². The SMILES string of the molecule is CC1CCC(N2CCCc3ccc(N)cc32)CC1C. The lowest BCUT2D eigenvalue weighted by Gasteiger charge is -2.43. The van der Waals surface area contributed by atoms with Crippen molar-refractivity contribution in [3.8, 4) is 0 Å². The van der Waals surface area contributed by atoms with E-state index in [0.717, 1.165) is 23.6 Å². The smallest absolute Gasteiger partial charge is 0.0421 e. The first-order valence-electron chi connectivity index (χ1n) is 7.80. The van der Waals surface area contributed by atoms with Crippen molar-refractivity contribution >= 4 is 11.4 Å². The lowest BCUT2D eigenvalue weighted by molar-refractivity contribution is 0.242. The van der Waals surface area contributed by atoms with Crippen LogP contribution < -0.4 is 10.6 Å². The molecule has 2 N–H and O–H groups in total. The summed E-state index contributed by atoms with van der Waals surface area (Å²) in [4.78, 5) is 2.65. The van der Waals surface area contributed by atoms with Gasteiger partial charge in [0.1, 0.15) is 0 Å². The first-order valence-corrected chi connectivity index (χ1v) is 7.80. The molecule has 3 unspecified atom stereocenters. The molecule has 3 atom stereocenters. The van der Waals surface area contributed by atoms with Crippen LogP contribution in [0.4, 0.5) is 11.4 Å². The summed E-state index contributed by atoms with van der Waals surface area (Å²) in [6.07, 6.45) is 6.57. The van der Waals surface area contributed by atoms with Crippen molar-refractivity contribution in [1.29, 1.82) is 0 Å². The standard InChI is InChI=1S/C17H26N2/c1-12-5-8-16(10-13(12)2)19-9-3-4-14-6-7-15(18)11-17(14)19/h6-7,11-13,16H,3-5,8-10,18H2,1-2H3. The van der Waals surface area contributed by atoms with Gasteiger partial charge < -0.3 is 10.6 Å². The number of nitrogens with zero attached hydrogens (tertiary/aromatic N) is 1. The zero-order chi connectivity index (χ0) is 13.4. The third-order valence-corrected chi connectivity index (χ3v) is 5.28. The molecule has 2 heteroatoms. The highest BCUT2D eigenvalue weighted by molar-refractivity contribution is 5.63. The third-order valence-electron chi connectivity index (χ3n) is 5.28. The minimum absolute atomic E-state index is 0.729. The summed E-state index contributed by atoms with van der Waals surface area (Å²) in [7, 11) is 0. The van der Waals surface area contributed by atoms with Gasteiger partial charge in [-0.15, -0.1) is 0 Å². The molecule has 0 radical (unpaired) electrons. The molecule has 0 bridgehead atoms. The average Bonchev–Trinajstić information content (AvgIpc) is 2.41. The van der Waals surface area contributed by atoms with Crippen LogP contribution in [0.25, 0.3) is 0 Å². The van der Waals surface area contributed by atoms with E-state index >= 15 is 0 Å². The molecule has 0 amide bonds. The number of hydrogen-bond donors (Lipinski definition) is 1. The highest BCUT2D eigenvalue weighted by Crippen LogP contribution is 2.37. The van der Waals surface area contributed by atoms with Crippen LogP contribution in [0.2, 0.25) is 0 Å². The molecule has 1 aliphatic heterocycles. The Kier molecular flexibility index (Phi) is 3.42. The zero-order valence-electron chi connectivity index (χ0n) is 12.2. The van der Waals surface area contributed by atoms with E-state index in [4.69, 9.17) is 5.73 Å². The van der Waals surface area contributed by atoms with E-state index in [1.807, 2.05) is 6.07 Å². The lowest BCUT2D eigenvalue weighted by atomic mass is 9.78. The number of fused-ring (bicyclic) bond motifs is 1. The second kappa shape index (κ2) is 5.07. The number of aryl methyl sites for hydroxylation is 1. The Morgan fingerprint density at radius 2 is 2.00 bits per heavy atom. The first kappa shape index (κ1) is 12.8. The Balaban J connectivity index is 1.85. The maximum atomic E-state index is 6.00. The molecule has 1 fully saturated rings. The molecule has 1 aromatic carbocycles. The molecule has 1 heterocycles. The Labute approximate surface area is 117 Å². The molecule has 3 rings (SSSR count). The summed E-state index contributed by atoms with van der Waals surface area (Å²) in [5.41, 5.74) is 9.81. The number of benzene rings is 1. The molecular formula is C17H26N2.